The molecule has 0 aliphatic carbocycles. The number of carbonyl (C=O) groups is 2. The minimum Gasteiger partial charge on any atom is -0.374 e. The van der Waals surface area contributed by atoms with Gasteiger partial charge in [0.05, 0.1) is 13.2 Å². The van der Waals surface area contributed by atoms with Crippen molar-refractivity contribution in [3.8, 4) is 0 Å². The first-order chi connectivity index (χ1) is 10.6. The molecule has 2 atom stereocenters. The number of hydrogen-bond donors (Lipinski definition) is 1. The first kappa shape index (κ1) is 16.5. The maximum Gasteiger partial charge on any atom is 0.242 e. The van der Waals surface area contributed by atoms with Crippen molar-refractivity contribution in [3.63, 3.8) is 0 Å². The van der Waals surface area contributed by atoms with Gasteiger partial charge >= 0.3 is 0 Å². The van der Waals surface area contributed by atoms with E-state index in [4.69, 9.17) is 10.5 Å². The van der Waals surface area contributed by atoms with Gasteiger partial charge in [0.1, 0.15) is 6.04 Å². The molecule has 5 nitrogen and oxygen atoms in total. The van der Waals surface area contributed by atoms with Crippen molar-refractivity contribution in [2.75, 3.05) is 13.2 Å². The van der Waals surface area contributed by atoms with Crippen LogP contribution in [0, 0.1) is 5.92 Å². The molecule has 0 saturated carbocycles. The molecule has 2 rings (SSSR count). The van der Waals surface area contributed by atoms with Crippen LogP contribution in [0.4, 0.5) is 0 Å². The van der Waals surface area contributed by atoms with Gasteiger partial charge in [-0.05, 0) is 17.9 Å². The number of benzene rings is 1. The Morgan fingerprint density at radius 3 is 2.77 bits per heavy atom. The predicted octanol–water partition coefficient (Wildman–Crippen LogP) is 1.71. The minimum atomic E-state index is -0.668. The molecule has 0 aromatic heterocycles. The van der Waals surface area contributed by atoms with Gasteiger partial charge in [0.2, 0.25) is 11.8 Å². The summed E-state index contributed by atoms with van der Waals surface area (Å²) in [5.41, 5.74) is 6.49. The number of amides is 2. The normalized spacial score (nSPS) is 19.4. The zero-order valence-corrected chi connectivity index (χ0v) is 13.0. The van der Waals surface area contributed by atoms with Gasteiger partial charge in [-0.3, -0.25) is 9.59 Å². The Hall–Kier alpha value is -1.88. The third-order valence-corrected chi connectivity index (χ3v) is 4.03. The van der Waals surface area contributed by atoms with Crippen LogP contribution in [0.5, 0.6) is 0 Å². The third kappa shape index (κ3) is 4.31. The fourth-order valence-corrected chi connectivity index (χ4v) is 2.90. The molecule has 2 amide bonds. The number of ether oxygens (including phenoxy) is 1. The van der Waals surface area contributed by atoms with Gasteiger partial charge in [-0.15, -0.1) is 0 Å². The highest BCUT2D eigenvalue weighted by Crippen LogP contribution is 2.24. The van der Waals surface area contributed by atoms with E-state index in [0.29, 0.717) is 25.5 Å². The number of nitrogens with two attached hydrogens (primary N) is 1. The van der Waals surface area contributed by atoms with Crippen LogP contribution in [0.15, 0.2) is 30.3 Å². The van der Waals surface area contributed by atoms with E-state index in [1.54, 1.807) is 4.90 Å². The highest BCUT2D eigenvalue weighted by atomic mass is 16.5. The van der Waals surface area contributed by atoms with Gasteiger partial charge in [-0.2, -0.15) is 0 Å². The molecule has 1 aliphatic rings. The highest BCUT2D eigenvalue weighted by Gasteiger charge is 2.36. The van der Waals surface area contributed by atoms with E-state index in [-0.39, 0.29) is 12.5 Å². The first-order valence-corrected chi connectivity index (χ1v) is 7.82. The Bertz CT molecular complexity index is 504. The number of hydrogen-bond acceptors (Lipinski definition) is 3. The van der Waals surface area contributed by atoms with Gasteiger partial charge in [0.25, 0.3) is 0 Å². The van der Waals surface area contributed by atoms with Crippen molar-refractivity contribution in [2.24, 2.45) is 11.7 Å². The molecule has 1 saturated heterocycles. The second-order valence-electron chi connectivity index (χ2n) is 5.82. The molecule has 1 fully saturated rings. The molecular formula is C17H24N2O3. The first-order valence-electron chi connectivity index (χ1n) is 7.82. The van der Waals surface area contributed by atoms with Crippen molar-refractivity contribution in [2.45, 2.75) is 38.8 Å². The van der Waals surface area contributed by atoms with Crippen LogP contribution in [0.3, 0.4) is 0 Å². The van der Waals surface area contributed by atoms with E-state index in [9.17, 15) is 9.59 Å². The largest absolute Gasteiger partial charge is 0.374 e. The molecule has 0 spiro atoms. The van der Waals surface area contributed by atoms with Gasteiger partial charge < -0.3 is 15.4 Å². The number of likely N-dealkylation sites (tertiary alicyclic amines) is 1. The Labute approximate surface area is 131 Å². The molecule has 1 aromatic carbocycles. The molecule has 1 heterocycles. The lowest BCUT2D eigenvalue weighted by atomic mass is 10.0. The summed E-state index contributed by atoms with van der Waals surface area (Å²) in [6, 6.07) is 9.05. The van der Waals surface area contributed by atoms with E-state index in [1.165, 1.54) is 0 Å². The van der Waals surface area contributed by atoms with Crippen LogP contribution < -0.4 is 5.73 Å². The maximum absolute atomic E-state index is 12.1. The van der Waals surface area contributed by atoms with Crippen molar-refractivity contribution in [3.05, 3.63) is 35.9 Å². The summed E-state index contributed by atoms with van der Waals surface area (Å²) in [5, 5.41) is 0. The van der Waals surface area contributed by atoms with Gasteiger partial charge in [-0.1, -0.05) is 43.7 Å². The summed E-state index contributed by atoms with van der Waals surface area (Å²) in [5.74, 6) is -0.169. The monoisotopic (exact) mass is 304 g/mol. The molecule has 5 heteroatoms. The minimum absolute atomic E-state index is 0.00515. The fraction of sp³-hybridized carbons (Fsp3) is 0.529. The van der Waals surface area contributed by atoms with Crippen molar-refractivity contribution >= 4 is 11.8 Å². The van der Waals surface area contributed by atoms with E-state index in [2.05, 4.69) is 6.92 Å². The van der Waals surface area contributed by atoms with Crippen LogP contribution in [0.25, 0.3) is 0 Å². The number of carbonyl (C=O) groups excluding carboxylic acids is 2. The predicted molar refractivity (Wildman–Crippen MR) is 83.8 cm³/mol. The molecule has 2 unspecified atom stereocenters. The summed E-state index contributed by atoms with van der Waals surface area (Å²) in [6.07, 6.45) is 2.55. The summed E-state index contributed by atoms with van der Waals surface area (Å²) in [4.78, 5) is 25.4. The van der Waals surface area contributed by atoms with E-state index < -0.39 is 11.9 Å². The average Bonchev–Trinajstić information content (AvgIpc) is 2.85. The second-order valence-corrected chi connectivity index (χ2v) is 5.82. The average molecular weight is 304 g/mol. The Morgan fingerprint density at radius 2 is 2.14 bits per heavy atom. The Kier molecular flexibility index (Phi) is 5.95. The van der Waals surface area contributed by atoms with Crippen molar-refractivity contribution < 1.29 is 14.3 Å². The van der Waals surface area contributed by atoms with Crippen LogP contribution in [0.2, 0.25) is 0 Å². The lowest BCUT2D eigenvalue weighted by Gasteiger charge is -2.25. The van der Waals surface area contributed by atoms with Gasteiger partial charge in [0, 0.05) is 13.0 Å². The van der Waals surface area contributed by atoms with Gasteiger partial charge in [-0.25, -0.2) is 0 Å². The van der Waals surface area contributed by atoms with E-state index in [0.717, 1.165) is 18.4 Å². The molecule has 1 aromatic rings. The lowest BCUT2D eigenvalue weighted by molar-refractivity contribution is -0.138. The highest BCUT2D eigenvalue weighted by molar-refractivity contribution is 5.88. The van der Waals surface area contributed by atoms with E-state index in [1.807, 2.05) is 30.3 Å². The van der Waals surface area contributed by atoms with Crippen LogP contribution in [-0.2, 0) is 20.9 Å². The zero-order chi connectivity index (χ0) is 15.9. The van der Waals surface area contributed by atoms with Gasteiger partial charge in [0.15, 0.2) is 0 Å². The number of primary amides is 1. The molecule has 1 aliphatic heterocycles. The molecular weight excluding hydrogens is 280 g/mol. The summed E-state index contributed by atoms with van der Waals surface area (Å²) >= 11 is 0. The van der Waals surface area contributed by atoms with Crippen LogP contribution in [-0.4, -0.2) is 35.9 Å². The number of rotatable bonds is 8. The Morgan fingerprint density at radius 1 is 1.41 bits per heavy atom. The fourth-order valence-electron chi connectivity index (χ4n) is 2.90. The topological polar surface area (TPSA) is 72.6 Å². The van der Waals surface area contributed by atoms with E-state index >= 15 is 0 Å². The van der Waals surface area contributed by atoms with Crippen LogP contribution >= 0.6 is 0 Å². The molecule has 120 valence electrons. The lowest BCUT2D eigenvalue weighted by Crippen LogP contribution is -2.48. The standard InChI is InChI=1S/C17H24N2O3/c1-2-6-14-9-16(20)19(10-14)15(17(18)21)12-22-11-13-7-4-3-5-8-13/h3-5,7-8,14-15H,2,6,9-12H2,1H3,(H2,18,21). The summed E-state index contributed by atoms with van der Waals surface area (Å²) in [6.45, 7) is 3.26. The Balaban J connectivity index is 1.90. The second kappa shape index (κ2) is 7.94. The van der Waals surface area contributed by atoms with Crippen molar-refractivity contribution in [1.29, 1.82) is 0 Å². The SMILES string of the molecule is CCCC1CC(=O)N(C(COCc2ccccc2)C(N)=O)C1. The molecule has 2 N–H and O–H groups in total. The molecule has 0 radical (unpaired) electrons. The quantitative estimate of drug-likeness (QED) is 0.794. The number of nitrogens with zero attached hydrogens (tertiary/aromatic N) is 1. The van der Waals surface area contributed by atoms with Crippen molar-refractivity contribution in [1.82, 2.24) is 4.90 Å². The van der Waals surface area contributed by atoms with Crippen LogP contribution in [0.1, 0.15) is 31.7 Å². The molecule has 22 heavy (non-hydrogen) atoms. The summed E-state index contributed by atoms with van der Waals surface area (Å²) < 4.78 is 5.60. The smallest absolute Gasteiger partial charge is 0.242 e. The summed E-state index contributed by atoms with van der Waals surface area (Å²) in [7, 11) is 0. The zero-order valence-electron chi connectivity index (χ0n) is 13.0. The molecule has 0 bridgehead atoms. The third-order valence-electron chi connectivity index (χ3n) is 4.03. The maximum atomic E-state index is 12.1.